The molecule has 0 spiro atoms. The number of nitrogens with one attached hydrogen (secondary N) is 1. The first-order valence-corrected chi connectivity index (χ1v) is 10.6. The monoisotopic (exact) mass is 471 g/mol. The first-order chi connectivity index (χ1) is 14.4. The maximum absolute atomic E-state index is 12.6. The van der Waals surface area contributed by atoms with Crippen LogP contribution in [0.15, 0.2) is 30.3 Å². The molecule has 2 aromatic carbocycles. The SMILES string of the molecule is COc1cc(NC(=O)CN2CCN(Cc3ccc(Cl)cc3Cl)CC2)c(OC)cc1Cl. The van der Waals surface area contributed by atoms with Crippen LogP contribution in [0, 0.1) is 0 Å². The summed E-state index contributed by atoms with van der Waals surface area (Å²) in [6, 6.07) is 8.85. The van der Waals surface area contributed by atoms with Gasteiger partial charge in [-0.05, 0) is 17.7 Å². The van der Waals surface area contributed by atoms with E-state index in [0.717, 1.165) is 38.3 Å². The molecule has 1 N–H and O–H groups in total. The highest BCUT2D eigenvalue weighted by Crippen LogP contribution is 2.35. The molecule has 0 aromatic heterocycles. The molecule has 6 nitrogen and oxygen atoms in total. The van der Waals surface area contributed by atoms with Gasteiger partial charge in [-0.3, -0.25) is 14.6 Å². The van der Waals surface area contributed by atoms with Gasteiger partial charge in [-0.2, -0.15) is 0 Å². The number of ether oxygens (including phenoxy) is 2. The Bertz CT molecular complexity index is 903. The number of amides is 1. The lowest BCUT2D eigenvalue weighted by Crippen LogP contribution is -2.48. The van der Waals surface area contributed by atoms with Gasteiger partial charge in [0.1, 0.15) is 11.5 Å². The summed E-state index contributed by atoms with van der Waals surface area (Å²) in [7, 11) is 3.05. The highest BCUT2D eigenvalue weighted by atomic mass is 35.5. The average molecular weight is 473 g/mol. The Morgan fingerprint density at radius 2 is 1.60 bits per heavy atom. The predicted octanol–water partition coefficient (Wildman–Crippen LogP) is 4.42. The van der Waals surface area contributed by atoms with Crippen molar-refractivity contribution in [3.05, 3.63) is 51.0 Å². The Balaban J connectivity index is 1.52. The van der Waals surface area contributed by atoms with Gasteiger partial charge in [-0.25, -0.2) is 0 Å². The fourth-order valence-corrected chi connectivity index (χ4v) is 4.05. The Hall–Kier alpha value is -1.70. The van der Waals surface area contributed by atoms with Crippen LogP contribution in [0.5, 0.6) is 11.5 Å². The molecule has 1 fully saturated rings. The van der Waals surface area contributed by atoms with Gasteiger partial charge in [0.05, 0.1) is 31.5 Å². The number of halogens is 3. The quantitative estimate of drug-likeness (QED) is 0.646. The van der Waals surface area contributed by atoms with Crippen molar-refractivity contribution in [2.75, 3.05) is 52.3 Å². The number of benzene rings is 2. The van der Waals surface area contributed by atoms with Crippen LogP contribution >= 0.6 is 34.8 Å². The van der Waals surface area contributed by atoms with Crippen LogP contribution in [-0.2, 0) is 11.3 Å². The van der Waals surface area contributed by atoms with E-state index in [0.29, 0.717) is 38.8 Å². The standard InChI is InChI=1S/C21H24Cl3N3O3/c1-29-19-11-18(20(30-2)10-17(19)24)25-21(28)13-27-7-5-26(6-8-27)12-14-3-4-15(22)9-16(14)23/h3-4,9-11H,5-8,12-13H2,1-2H3,(H,25,28). The molecule has 162 valence electrons. The molecule has 1 heterocycles. The minimum absolute atomic E-state index is 0.119. The molecule has 0 unspecified atom stereocenters. The molecule has 9 heteroatoms. The van der Waals surface area contributed by atoms with Gasteiger partial charge in [-0.15, -0.1) is 0 Å². The second-order valence-corrected chi connectivity index (χ2v) is 8.27. The summed E-state index contributed by atoms with van der Waals surface area (Å²) >= 11 is 18.4. The van der Waals surface area contributed by atoms with E-state index in [1.165, 1.54) is 14.2 Å². The summed E-state index contributed by atoms with van der Waals surface area (Å²) in [6.45, 7) is 4.34. The Morgan fingerprint density at radius 1 is 0.933 bits per heavy atom. The van der Waals surface area contributed by atoms with Crippen molar-refractivity contribution < 1.29 is 14.3 Å². The zero-order chi connectivity index (χ0) is 21.7. The van der Waals surface area contributed by atoms with Crippen LogP contribution in [0.1, 0.15) is 5.56 Å². The zero-order valence-corrected chi connectivity index (χ0v) is 19.2. The van der Waals surface area contributed by atoms with Crippen LogP contribution in [0.2, 0.25) is 15.1 Å². The molecular formula is C21H24Cl3N3O3. The smallest absolute Gasteiger partial charge is 0.238 e. The summed E-state index contributed by atoms with van der Waals surface area (Å²) in [5.41, 5.74) is 1.58. The Kier molecular flexibility index (Phi) is 8.08. The fourth-order valence-electron chi connectivity index (χ4n) is 3.35. The molecule has 0 atom stereocenters. The number of rotatable bonds is 7. The molecule has 30 heavy (non-hydrogen) atoms. The van der Waals surface area contributed by atoms with Crippen molar-refractivity contribution in [1.29, 1.82) is 0 Å². The maximum Gasteiger partial charge on any atom is 0.238 e. The molecule has 2 aromatic rings. The molecule has 1 saturated heterocycles. The van der Waals surface area contributed by atoms with Crippen LogP contribution in [0.25, 0.3) is 0 Å². The van der Waals surface area contributed by atoms with E-state index >= 15 is 0 Å². The van der Waals surface area contributed by atoms with E-state index < -0.39 is 0 Å². The molecule has 1 aliphatic heterocycles. The number of hydrogen-bond acceptors (Lipinski definition) is 5. The number of hydrogen-bond donors (Lipinski definition) is 1. The van der Waals surface area contributed by atoms with Gasteiger partial charge in [0.25, 0.3) is 0 Å². The number of nitrogens with zero attached hydrogens (tertiary/aromatic N) is 2. The normalized spacial score (nSPS) is 15.1. The lowest BCUT2D eigenvalue weighted by Gasteiger charge is -2.34. The van der Waals surface area contributed by atoms with Gasteiger partial charge in [0.15, 0.2) is 0 Å². The molecule has 0 radical (unpaired) electrons. The summed E-state index contributed by atoms with van der Waals surface area (Å²) in [6.07, 6.45) is 0. The van der Waals surface area contributed by atoms with Gasteiger partial charge >= 0.3 is 0 Å². The number of methoxy groups -OCH3 is 2. The molecule has 0 aliphatic carbocycles. The minimum atomic E-state index is -0.119. The average Bonchev–Trinajstić information content (AvgIpc) is 2.72. The number of carbonyl (C=O) groups excluding carboxylic acids is 1. The van der Waals surface area contributed by atoms with Crippen molar-refractivity contribution in [1.82, 2.24) is 9.80 Å². The van der Waals surface area contributed by atoms with Gasteiger partial charge in [0.2, 0.25) is 5.91 Å². The van der Waals surface area contributed by atoms with E-state index in [1.807, 2.05) is 12.1 Å². The van der Waals surface area contributed by atoms with Crippen LogP contribution in [-0.4, -0.2) is 62.7 Å². The third-order valence-corrected chi connectivity index (χ3v) is 5.87. The van der Waals surface area contributed by atoms with Crippen LogP contribution in [0.4, 0.5) is 5.69 Å². The van der Waals surface area contributed by atoms with Gasteiger partial charge < -0.3 is 14.8 Å². The van der Waals surface area contributed by atoms with Gasteiger partial charge in [0, 0.05) is 54.9 Å². The van der Waals surface area contributed by atoms with Crippen LogP contribution < -0.4 is 14.8 Å². The minimum Gasteiger partial charge on any atom is -0.495 e. The largest absolute Gasteiger partial charge is 0.495 e. The number of piperazine rings is 1. The topological polar surface area (TPSA) is 54.0 Å². The van der Waals surface area contributed by atoms with Gasteiger partial charge in [-0.1, -0.05) is 40.9 Å². The second kappa shape index (κ2) is 10.6. The van der Waals surface area contributed by atoms with Crippen LogP contribution in [0.3, 0.4) is 0 Å². The van der Waals surface area contributed by atoms with Crippen molar-refractivity contribution in [2.24, 2.45) is 0 Å². The lowest BCUT2D eigenvalue weighted by molar-refractivity contribution is -0.117. The molecule has 1 amide bonds. The van der Waals surface area contributed by atoms with Crippen molar-refractivity contribution >= 4 is 46.4 Å². The fraction of sp³-hybridized carbons (Fsp3) is 0.381. The Labute approximate surface area is 191 Å². The highest BCUT2D eigenvalue weighted by molar-refractivity contribution is 6.35. The van der Waals surface area contributed by atoms with E-state index in [9.17, 15) is 4.79 Å². The molecule has 0 bridgehead atoms. The van der Waals surface area contributed by atoms with E-state index in [4.69, 9.17) is 44.3 Å². The summed E-state index contributed by atoms with van der Waals surface area (Å²) < 4.78 is 10.5. The first kappa shape index (κ1) is 23.0. The van der Waals surface area contributed by atoms with E-state index in [-0.39, 0.29) is 5.91 Å². The van der Waals surface area contributed by atoms with Crippen molar-refractivity contribution in [2.45, 2.75) is 6.54 Å². The number of carbonyl (C=O) groups is 1. The highest BCUT2D eigenvalue weighted by Gasteiger charge is 2.21. The Morgan fingerprint density at radius 3 is 2.23 bits per heavy atom. The maximum atomic E-state index is 12.6. The third-order valence-electron chi connectivity index (χ3n) is 4.99. The summed E-state index contributed by atoms with van der Waals surface area (Å²) in [5.74, 6) is 0.841. The molecular weight excluding hydrogens is 449 g/mol. The first-order valence-electron chi connectivity index (χ1n) is 9.49. The molecule has 3 rings (SSSR count). The van der Waals surface area contributed by atoms with E-state index in [1.54, 1.807) is 18.2 Å². The second-order valence-electron chi connectivity index (χ2n) is 7.02. The van der Waals surface area contributed by atoms with Crippen molar-refractivity contribution in [3.63, 3.8) is 0 Å². The number of anilines is 1. The third kappa shape index (κ3) is 5.93. The summed E-state index contributed by atoms with van der Waals surface area (Å²) in [5, 5.41) is 4.62. The van der Waals surface area contributed by atoms with E-state index in [2.05, 4.69) is 15.1 Å². The lowest BCUT2D eigenvalue weighted by atomic mass is 10.2. The predicted molar refractivity (Wildman–Crippen MR) is 121 cm³/mol. The summed E-state index contributed by atoms with van der Waals surface area (Å²) in [4.78, 5) is 17.0. The van der Waals surface area contributed by atoms with Crippen molar-refractivity contribution in [3.8, 4) is 11.5 Å². The molecule has 1 aliphatic rings. The zero-order valence-electron chi connectivity index (χ0n) is 16.9. The molecule has 0 saturated carbocycles.